The molecule has 0 radical (unpaired) electrons. The van der Waals surface area contributed by atoms with Crippen molar-refractivity contribution in [3.63, 3.8) is 0 Å². The summed E-state index contributed by atoms with van der Waals surface area (Å²) < 4.78 is 1.07. The lowest BCUT2D eigenvalue weighted by Crippen LogP contribution is -1.79. The fourth-order valence-corrected chi connectivity index (χ4v) is 2.57. The van der Waals surface area contributed by atoms with Gasteiger partial charge < -0.3 is 5.73 Å². The number of nitrogens with zero attached hydrogens (tertiary/aromatic N) is 2. The average Bonchev–Trinajstić information content (AvgIpc) is 2.54. The summed E-state index contributed by atoms with van der Waals surface area (Å²) in [5, 5.41) is 9.03. The lowest BCUT2D eigenvalue weighted by Gasteiger charge is -1.95. The normalized spacial score (nSPS) is 10.2. The summed E-state index contributed by atoms with van der Waals surface area (Å²) in [4.78, 5) is 5.24. The van der Waals surface area contributed by atoms with Gasteiger partial charge in [0.1, 0.15) is 0 Å². The van der Waals surface area contributed by atoms with Crippen LogP contribution in [-0.2, 0) is 0 Å². The number of nitriles is 1. The van der Waals surface area contributed by atoms with Gasteiger partial charge in [-0.1, -0.05) is 11.3 Å². The monoisotopic (exact) mass is 221 g/mol. The molecule has 2 rings (SSSR count). The van der Waals surface area contributed by atoms with Gasteiger partial charge in [0.2, 0.25) is 0 Å². The lowest BCUT2D eigenvalue weighted by molar-refractivity contribution is 1.45. The van der Waals surface area contributed by atoms with Gasteiger partial charge in [-0.3, -0.25) is 0 Å². The minimum absolute atomic E-state index is 0.472. The molecule has 1 aromatic heterocycles. The van der Waals surface area contributed by atoms with Crippen molar-refractivity contribution in [2.24, 2.45) is 0 Å². The summed E-state index contributed by atoms with van der Waals surface area (Å²) in [6.07, 6.45) is 0. The molecule has 0 bridgehead atoms. The van der Waals surface area contributed by atoms with Crippen LogP contribution >= 0.6 is 23.1 Å². The van der Waals surface area contributed by atoms with Crippen molar-refractivity contribution in [1.82, 2.24) is 4.98 Å². The smallest absolute Gasteiger partial charge is 0.181 e. The highest BCUT2D eigenvalue weighted by atomic mass is 32.2. The highest BCUT2D eigenvalue weighted by Crippen LogP contribution is 2.28. The van der Waals surface area contributed by atoms with E-state index in [1.807, 2.05) is 18.2 Å². The highest BCUT2D eigenvalue weighted by Gasteiger charge is 2.01. The first-order chi connectivity index (χ1) is 6.79. The third-order valence-electron chi connectivity index (χ3n) is 1.68. The number of nitrogen functional groups attached to an aromatic ring is 1. The Hall–Kier alpha value is -1.25. The van der Waals surface area contributed by atoms with Gasteiger partial charge in [-0.25, -0.2) is 4.98 Å². The maximum atomic E-state index is 8.44. The second-order valence-electron chi connectivity index (χ2n) is 2.63. The standard InChI is InChI=1S/C9H7N3S2/c10-3-4-13-6-1-2-7-8(5-6)14-9(11)12-7/h1-2,5H,4H2,(H2,11,12). The van der Waals surface area contributed by atoms with Crippen LogP contribution in [0.4, 0.5) is 5.13 Å². The zero-order valence-corrected chi connectivity index (χ0v) is 8.86. The molecule has 5 heteroatoms. The molecule has 0 fully saturated rings. The maximum Gasteiger partial charge on any atom is 0.181 e. The first-order valence-corrected chi connectivity index (χ1v) is 5.75. The lowest BCUT2D eigenvalue weighted by atomic mass is 10.3. The zero-order chi connectivity index (χ0) is 9.97. The first-order valence-electron chi connectivity index (χ1n) is 3.95. The molecule has 0 unspecified atom stereocenters. The van der Waals surface area contributed by atoms with E-state index in [4.69, 9.17) is 11.0 Å². The molecule has 2 aromatic rings. The molecule has 14 heavy (non-hydrogen) atoms. The van der Waals surface area contributed by atoms with E-state index in [0.717, 1.165) is 15.1 Å². The van der Waals surface area contributed by atoms with E-state index in [9.17, 15) is 0 Å². The number of benzene rings is 1. The molecule has 0 aliphatic rings. The Balaban J connectivity index is 2.36. The second-order valence-corrected chi connectivity index (χ2v) is 4.74. The molecule has 2 N–H and O–H groups in total. The van der Waals surface area contributed by atoms with Crippen molar-refractivity contribution in [3.05, 3.63) is 18.2 Å². The van der Waals surface area contributed by atoms with Gasteiger partial charge in [-0.15, -0.1) is 11.8 Å². The quantitative estimate of drug-likeness (QED) is 0.791. The van der Waals surface area contributed by atoms with E-state index < -0.39 is 0 Å². The minimum Gasteiger partial charge on any atom is -0.375 e. The first kappa shape index (κ1) is 9.31. The number of thiazole rings is 1. The number of aromatic nitrogens is 1. The summed E-state index contributed by atoms with van der Waals surface area (Å²) >= 11 is 2.99. The number of anilines is 1. The third kappa shape index (κ3) is 1.81. The van der Waals surface area contributed by atoms with Crippen LogP contribution in [0, 0.1) is 11.3 Å². The van der Waals surface area contributed by atoms with Gasteiger partial charge in [0, 0.05) is 4.90 Å². The van der Waals surface area contributed by atoms with Crippen LogP contribution in [0.3, 0.4) is 0 Å². The number of hydrogen-bond acceptors (Lipinski definition) is 5. The molecular formula is C9H7N3S2. The Kier molecular flexibility index (Phi) is 2.57. The van der Waals surface area contributed by atoms with Crippen LogP contribution < -0.4 is 5.73 Å². The van der Waals surface area contributed by atoms with E-state index in [1.54, 1.807) is 0 Å². The van der Waals surface area contributed by atoms with E-state index >= 15 is 0 Å². The molecule has 1 heterocycles. The SMILES string of the molecule is N#CCSc1ccc2nc(N)sc2c1. The zero-order valence-electron chi connectivity index (χ0n) is 7.23. The molecule has 0 aliphatic carbocycles. The number of thioether (sulfide) groups is 1. The van der Waals surface area contributed by atoms with E-state index in [2.05, 4.69) is 11.1 Å². The highest BCUT2D eigenvalue weighted by molar-refractivity contribution is 7.99. The molecule has 1 aromatic carbocycles. The summed E-state index contributed by atoms with van der Waals surface area (Å²) in [6.45, 7) is 0. The Morgan fingerprint density at radius 3 is 3.21 bits per heavy atom. The van der Waals surface area contributed by atoms with Crippen LogP contribution in [0.15, 0.2) is 23.1 Å². The summed E-state index contributed by atoms with van der Waals surface area (Å²) in [5.41, 5.74) is 6.51. The Morgan fingerprint density at radius 2 is 2.43 bits per heavy atom. The fraction of sp³-hybridized carbons (Fsp3) is 0.111. The van der Waals surface area contributed by atoms with Crippen molar-refractivity contribution in [2.45, 2.75) is 4.90 Å². The summed E-state index contributed by atoms with van der Waals surface area (Å²) in [5.74, 6) is 0.472. The molecule has 3 nitrogen and oxygen atoms in total. The minimum atomic E-state index is 0.472. The molecule has 0 spiro atoms. The number of hydrogen-bond donors (Lipinski definition) is 1. The van der Waals surface area contributed by atoms with Gasteiger partial charge in [0.05, 0.1) is 22.0 Å². The number of nitrogens with two attached hydrogens (primary N) is 1. The van der Waals surface area contributed by atoms with Crippen LogP contribution in [0.5, 0.6) is 0 Å². The van der Waals surface area contributed by atoms with Crippen molar-refractivity contribution < 1.29 is 0 Å². The van der Waals surface area contributed by atoms with Crippen LogP contribution in [-0.4, -0.2) is 10.7 Å². The molecule has 0 saturated carbocycles. The van der Waals surface area contributed by atoms with Crippen molar-refractivity contribution >= 4 is 38.4 Å². The van der Waals surface area contributed by atoms with E-state index in [1.165, 1.54) is 23.1 Å². The molecule has 70 valence electrons. The fourth-order valence-electron chi connectivity index (χ4n) is 1.13. The van der Waals surface area contributed by atoms with E-state index in [0.29, 0.717) is 10.9 Å². The number of rotatable bonds is 2. The Morgan fingerprint density at radius 1 is 1.57 bits per heavy atom. The van der Waals surface area contributed by atoms with Gasteiger partial charge >= 0.3 is 0 Å². The van der Waals surface area contributed by atoms with Crippen molar-refractivity contribution in [1.29, 1.82) is 5.26 Å². The van der Waals surface area contributed by atoms with Crippen molar-refractivity contribution in [3.8, 4) is 6.07 Å². The molecule has 0 aliphatic heterocycles. The van der Waals surface area contributed by atoms with Gasteiger partial charge in [0.15, 0.2) is 5.13 Å². The van der Waals surface area contributed by atoms with E-state index in [-0.39, 0.29) is 0 Å². The largest absolute Gasteiger partial charge is 0.375 e. The molecule has 0 amide bonds. The van der Waals surface area contributed by atoms with Crippen LogP contribution in [0.2, 0.25) is 0 Å². The maximum absolute atomic E-state index is 8.44. The molecular weight excluding hydrogens is 214 g/mol. The summed E-state index contributed by atoms with van der Waals surface area (Å²) in [7, 11) is 0. The Labute approximate surface area is 89.6 Å². The molecule has 0 saturated heterocycles. The topological polar surface area (TPSA) is 62.7 Å². The summed E-state index contributed by atoms with van der Waals surface area (Å²) in [6, 6.07) is 8.01. The van der Waals surface area contributed by atoms with Gasteiger partial charge in [-0.05, 0) is 18.2 Å². The van der Waals surface area contributed by atoms with Crippen LogP contribution in [0.25, 0.3) is 10.2 Å². The predicted octanol–water partition coefficient (Wildman–Crippen LogP) is 2.49. The second kappa shape index (κ2) is 3.86. The Bertz CT molecular complexity index is 498. The average molecular weight is 221 g/mol. The molecule has 0 atom stereocenters. The van der Waals surface area contributed by atoms with Crippen molar-refractivity contribution in [2.75, 3.05) is 11.5 Å². The van der Waals surface area contributed by atoms with Gasteiger partial charge in [-0.2, -0.15) is 5.26 Å². The van der Waals surface area contributed by atoms with Crippen LogP contribution in [0.1, 0.15) is 0 Å². The predicted molar refractivity (Wildman–Crippen MR) is 60.4 cm³/mol. The number of fused-ring (bicyclic) bond motifs is 1. The van der Waals surface area contributed by atoms with Gasteiger partial charge in [0.25, 0.3) is 0 Å². The third-order valence-corrected chi connectivity index (χ3v) is 3.39.